The van der Waals surface area contributed by atoms with E-state index in [0.29, 0.717) is 5.92 Å². The third-order valence-corrected chi connectivity index (χ3v) is 4.55. The monoisotopic (exact) mass is 292 g/mol. The topological polar surface area (TPSA) is 62.5 Å². The Labute approximate surface area is 125 Å². The summed E-state index contributed by atoms with van der Waals surface area (Å²) in [4.78, 5) is 20.6. The first-order valence-electron chi connectivity index (χ1n) is 7.85. The first-order chi connectivity index (χ1) is 10.1. The van der Waals surface area contributed by atoms with Gasteiger partial charge in [0, 0.05) is 32.5 Å². The van der Waals surface area contributed by atoms with E-state index < -0.39 is 0 Å². The van der Waals surface area contributed by atoms with Crippen molar-refractivity contribution in [2.75, 3.05) is 27.2 Å². The Balaban J connectivity index is 1.65. The van der Waals surface area contributed by atoms with Gasteiger partial charge in [0.25, 0.3) is 0 Å². The lowest BCUT2D eigenvalue weighted by molar-refractivity contribution is -0.134. The molecule has 1 saturated carbocycles. The van der Waals surface area contributed by atoms with Crippen LogP contribution in [0.5, 0.6) is 0 Å². The number of rotatable bonds is 4. The van der Waals surface area contributed by atoms with E-state index in [-0.39, 0.29) is 17.9 Å². The summed E-state index contributed by atoms with van der Waals surface area (Å²) < 4.78 is 5.37. The molecule has 6 nitrogen and oxygen atoms in total. The molecule has 0 radical (unpaired) electrons. The molecule has 1 amide bonds. The first-order valence-corrected chi connectivity index (χ1v) is 7.85. The van der Waals surface area contributed by atoms with Gasteiger partial charge < -0.3 is 9.42 Å². The van der Waals surface area contributed by atoms with Crippen LogP contribution in [0.25, 0.3) is 0 Å². The predicted molar refractivity (Wildman–Crippen MR) is 78.0 cm³/mol. The number of likely N-dealkylation sites (N-methyl/N-ethyl adjacent to an activating group) is 1. The maximum Gasteiger partial charge on any atom is 0.239 e. The molecule has 1 aromatic heterocycles. The van der Waals surface area contributed by atoms with Crippen LogP contribution < -0.4 is 0 Å². The van der Waals surface area contributed by atoms with Gasteiger partial charge >= 0.3 is 0 Å². The SMILES string of the molecule is C[C@@H](C(=O)N(C)C)N1CCC[C@H](c2noc(C3CC3)n2)C1. The molecule has 116 valence electrons. The lowest BCUT2D eigenvalue weighted by Gasteiger charge is -2.35. The number of carbonyl (C=O) groups excluding carboxylic acids is 1. The van der Waals surface area contributed by atoms with E-state index in [0.717, 1.165) is 37.6 Å². The summed E-state index contributed by atoms with van der Waals surface area (Å²) in [5, 5.41) is 4.17. The van der Waals surface area contributed by atoms with Crippen LogP contribution in [0.1, 0.15) is 56.2 Å². The third-order valence-electron chi connectivity index (χ3n) is 4.55. The Hall–Kier alpha value is -1.43. The van der Waals surface area contributed by atoms with Crippen LogP contribution in [0.2, 0.25) is 0 Å². The highest BCUT2D eigenvalue weighted by atomic mass is 16.5. The molecule has 21 heavy (non-hydrogen) atoms. The molecule has 1 aliphatic carbocycles. The van der Waals surface area contributed by atoms with Crippen molar-refractivity contribution in [3.8, 4) is 0 Å². The second-order valence-corrected chi connectivity index (χ2v) is 6.51. The van der Waals surface area contributed by atoms with Crippen molar-refractivity contribution >= 4 is 5.91 Å². The smallest absolute Gasteiger partial charge is 0.239 e. The summed E-state index contributed by atoms with van der Waals surface area (Å²) in [7, 11) is 3.61. The van der Waals surface area contributed by atoms with E-state index in [9.17, 15) is 4.79 Å². The quantitative estimate of drug-likeness (QED) is 0.843. The van der Waals surface area contributed by atoms with Crippen LogP contribution in [0, 0.1) is 0 Å². The molecule has 6 heteroatoms. The summed E-state index contributed by atoms with van der Waals surface area (Å²) in [6, 6.07) is -0.0856. The van der Waals surface area contributed by atoms with Crippen LogP contribution in [-0.2, 0) is 4.79 Å². The van der Waals surface area contributed by atoms with E-state index in [4.69, 9.17) is 4.52 Å². The minimum absolute atomic E-state index is 0.0856. The van der Waals surface area contributed by atoms with Gasteiger partial charge in [-0.05, 0) is 39.2 Å². The molecule has 2 atom stereocenters. The second kappa shape index (κ2) is 5.75. The number of aromatic nitrogens is 2. The number of carbonyl (C=O) groups is 1. The molecule has 2 fully saturated rings. The van der Waals surface area contributed by atoms with Gasteiger partial charge in [-0.3, -0.25) is 9.69 Å². The molecule has 1 aromatic rings. The minimum atomic E-state index is -0.0856. The van der Waals surface area contributed by atoms with Crippen LogP contribution in [-0.4, -0.2) is 59.1 Å². The molecule has 0 N–H and O–H groups in total. The summed E-state index contributed by atoms with van der Waals surface area (Å²) in [6.07, 6.45) is 4.49. The van der Waals surface area contributed by atoms with Crippen LogP contribution in [0.4, 0.5) is 0 Å². The summed E-state index contributed by atoms with van der Waals surface area (Å²) in [6.45, 7) is 3.78. The zero-order chi connectivity index (χ0) is 15.0. The average molecular weight is 292 g/mol. The van der Waals surface area contributed by atoms with E-state index in [2.05, 4.69) is 15.0 Å². The number of hydrogen-bond donors (Lipinski definition) is 0. The molecule has 1 saturated heterocycles. The largest absolute Gasteiger partial charge is 0.347 e. The van der Waals surface area contributed by atoms with Gasteiger partial charge in [0.05, 0.1) is 6.04 Å². The number of amides is 1. The van der Waals surface area contributed by atoms with Gasteiger partial charge in [-0.1, -0.05) is 5.16 Å². The molecule has 2 heterocycles. The van der Waals surface area contributed by atoms with E-state index in [1.807, 2.05) is 6.92 Å². The summed E-state index contributed by atoms with van der Waals surface area (Å²) in [5.41, 5.74) is 0. The zero-order valence-electron chi connectivity index (χ0n) is 13.1. The van der Waals surface area contributed by atoms with Crippen molar-refractivity contribution in [1.82, 2.24) is 19.9 Å². The van der Waals surface area contributed by atoms with Gasteiger partial charge in [0.15, 0.2) is 5.82 Å². The molecule has 0 aromatic carbocycles. The number of nitrogens with zero attached hydrogens (tertiary/aromatic N) is 4. The van der Waals surface area contributed by atoms with E-state index in [1.54, 1.807) is 19.0 Å². The Morgan fingerprint density at radius 2 is 2.10 bits per heavy atom. The standard InChI is InChI=1S/C15H24N4O2/c1-10(15(20)18(2)3)19-8-4-5-12(9-19)13-16-14(21-17-13)11-6-7-11/h10-12H,4-9H2,1-3H3/t10-,12-/m0/s1. The van der Waals surface area contributed by atoms with Gasteiger partial charge in [-0.15, -0.1) is 0 Å². The molecule has 3 rings (SSSR count). The van der Waals surface area contributed by atoms with Gasteiger partial charge in [0.2, 0.25) is 11.8 Å². The first kappa shape index (κ1) is 14.5. The van der Waals surface area contributed by atoms with Crippen LogP contribution >= 0.6 is 0 Å². The number of piperidine rings is 1. The Kier molecular flexibility index (Phi) is 3.97. The van der Waals surface area contributed by atoms with E-state index in [1.165, 1.54) is 12.8 Å². The maximum absolute atomic E-state index is 12.1. The van der Waals surface area contributed by atoms with Crippen molar-refractivity contribution in [3.05, 3.63) is 11.7 Å². The van der Waals surface area contributed by atoms with Crippen LogP contribution in [0.15, 0.2) is 4.52 Å². The van der Waals surface area contributed by atoms with Crippen molar-refractivity contribution < 1.29 is 9.32 Å². The van der Waals surface area contributed by atoms with Crippen molar-refractivity contribution in [3.63, 3.8) is 0 Å². The van der Waals surface area contributed by atoms with Gasteiger partial charge in [0.1, 0.15) is 0 Å². The molecular weight excluding hydrogens is 268 g/mol. The fraction of sp³-hybridized carbons (Fsp3) is 0.800. The minimum Gasteiger partial charge on any atom is -0.347 e. The molecule has 0 bridgehead atoms. The van der Waals surface area contributed by atoms with Gasteiger partial charge in [-0.25, -0.2) is 0 Å². The molecule has 1 aliphatic heterocycles. The highest BCUT2D eigenvalue weighted by Crippen LogP contribution is 2.39. The maximum atomic E-state index is 12.1. The van der Waals surface area contributed by atoms with Crippen molar-refractivity contribution in [1.29, 1.82) is 0 Å². The summed E-state index contributed by atoms with van der Waals surface area (Å²) in [5.74, 6) is 2.57. The van der Waals surface area contributed by atoms with Crippen molar-refractivity contribution in [2.24, 2.45) is 0 Å². The summed E-state index contributed by atoms with van der Waals surface area (Å²) >= 11 is 0. The highest BCUT2D eigenvalue weighted by Gasteiger charge is 2.33. The van der Waals surface area contributed by atoms with Crippen LogP contribution in [0.3, 0.4) is 0 Å². The second-order valence-electron chi connectivity index (χ2n) is 6.51. The predicted octanol–water partition coefficient (Wildman–Crippen LogP) is 1.60. The molecule has 2 aliphatic rings. The molecule has 0 spiro atoms. The van der Waals surface area contributed by atoms with E-state index >= 15 is 0 Å². The fourth-order valence-electron chi connectivity index (χ4n) is 3.01. The Morgan fingerprint density at radius 1 is 1.33 bits per heavy atom. The lowest BCUT2D eigenvalue weighted by Crippen LogP contribution is -2.48. The molecule has 0 unspecified atom stereocenters. The average Bonchev–Trinajstić information content (AvgIpc) is 3.23. The lowest BCUT2D eigenvalue weighted by atomic mass is 9.96. The number of hydrogen-bond acceptors (Lipinski definition) is 5. The molecular formula is C15H24N4O2. The highest BCUT2D eigenvalue weighted by molar-refractivity contribution is 5.80. The number of likely N-dealkylation sites (tertiary alicyclic amines) is 1. The fourth-order valence-corrected chi connectivity index (χ4v) is 3.01. The normalized spacial score (nSPS) is 24.8. The van der Waals surface area contributed by atoms with Crippen molar-refractivity contribution in [2.45, 2.75) is 50.5 Å². The zero-order valence-corrected chi connectivity index (χ0v) is 13.1. The Bertz CT molecular complexity index is 510. The Morgan fingerprint density at radius 3 is 2.76 bits per heavy atom. The van der Waals surface area contributed by atoms with Gasteiger partial charge in [-0.2, -0.15) is 4.98 Å². The third kappa shape index (κ3) is 3.10.